The SMILES string of the molecule is CCOc1ccc(NC(=O)[C@@H](C)N(c2cc(OC)ccc2OC)S(C)(=O)=O)cc1. The minimum absolute atomic E-state index is 0.212. The molecule has 0 aromatic heterocycles. The van der Waals surface area contributed by atoms with Gasteiger partial charge in [0, 0.05) is 11.8 Å². The molecule has 1 atom stereocenters. The molecular formula is C20H26N2O6S. The zero-order valence-corrected chi connectivity index (χ0v) is 17.9. The molecule has 0 bridgehead atoms. The van der Waals surface area contributed by atoms with Gasteiger partial charge in [0.2, 0.25) is 15.9 Å². The van der Waals surface area contributed by atoms with Gasteiger partial charge in [-0.15, -0.1) is 0 Å². The van der Waals surface area contributed by atoms with Crippen LogP contribution in [0.2, 0.25) is 0 Å². The Morgan fingerprint density at radius 1 is 1.07 bits per heavy atom. The van der Waals surface area contributed by atoms with Crippen LogP contribution in [-0.4, -0.2) is 47.4 Å². The summed E-state index contributed by atoms with van der Waals surface area (Å²) in [4.78, 5) is 12.8. The number of hydrogen-bond donors (Lipinski definition) is 1. The zero-order chi connectivity index (χ0) is 21.6. The summed E-state index contributed by atoms with van der Waals surface area (Å²) < 4.78 is 42.0. The summed E-state index contributed by atoms with van der Waals surface area (Å²) in [6.07, 6.45) is 1.03. The molecule has 0 fully saturated rings. The van der Waals surface area contributed by atoms with E-state index in [2.05, 4.69) is 5.32 Å². The number of nitrogens with zero attached hydrogens (tertiary/aromatic N) is 1. The van der Waals surface area contributed by atoms with Crippen LogP contribution in [0.1, 0.15) is 13.8 Å². The van der Waals surface area contributed by atoms with Crippen LogP contribution < -0.4 is 23.8 Å². The fourth-order valence-corrected chi connectivity index (χ4v) is 3.97. The number of amides is 1. The van der Waals surface area contributed by atoms with Crippen LogP contribution in [0.25, 0.3) is 0 Å². The first-order chi connectivity index (χ1) is 13.7. The summed E-state index contributed by atoms with van der Waals surface area (Å²) >= 11 is 0. The fourth-order valence-electron chi connectivity index (χ4n) is 2.80. The standard InChI is InChI=1S/C20H26N2O6S/c1-6-28-16-9-7-15(8-10-16)21-20(23)14(2)22(29(5,24)25)18-13-17(26-3)11-12-19(18)27-4/h7-14H,6H2,1-5H3,(H,21,23)/t14-/m1/s1. The molecule has 158 valence electrons. The van der Waals surface area contributed by atoms with Crippen molar-refractivity contribution in [3.8, 4) is 17.2 Å². The van der Waals surface area contributed by atoms with Crippen LogP contribution in [0.3, 0.4) is 0 Å². The summed E-state index contributed by atoms with van der Waals surface area (Å²) in [5.41, 5.74) is 0.736. The summed E-state index contributed by atoms with van der Waals surface area (Å²) in [5.74, 6) is 0.924. The van der Waals surface area contributed by atoms with Gasteiger partial charge in [0.05, 0.1) is 32.8 Å². The molecule has 29 heavy (non-hydrogen) atoms. The van der Waals surface area contributed by atoms with Gasteiger partial charge in [0.1, 0.15) is 23.3 Å². The molecule has 0 radical (unpaired) electrons. The lowest BCUT2D eigenvalue weighted by Gasteiger charge is -2.29. The monoisotopic (exact) mass is 422 g/mol. The number of hydrogen-bond acceptors (Lipinski definition) is 6. The maximum atomic E-state index is 12.8. The minimum Gasteiger partial charge on any atom is -0.497 e. The normalized spacial score (nSPS) is 12.0. The summed E-state index contributed by atoms with van der Waals surface area (Å²) in [7, 11) is -0.912. The van der Waals surface area contributed by atoms with E-state index >= 15 is 0 Å². The van der Waals surface area contributed by atoms with Crippen LogP contribution in [0.4, 0.5) is 11.4 Å². The Morgan fingerprint density at radius 3 is 2.21 bits per heavy atom. The molecule has 2 aromatic carbocycles. The van der Waals surface area contributed by atoms with Crippen LogP contribution in [-0.2, 0) is 14.8 Å². The van der Waals surface area contributed by atoms with Crippen LogP contribution >= 0.6 is 0 Å². The second-order valence-electron chi connectivity index (χ2n) is 6.22. The van der Waals surface area contributed by atoms with Gasteiger partial charge in [-0.25, -0.2) is 8.42 Å². The van der Waals surface area contributed by atoms with E-state index in [4.69, 9.17) is 14.2 Å². The molecule has 0 aliphatic rings. The van der Waals surface area contributed by atoms with Gasteiger partial charge in [-0.3, -0.25) is 9.10 Å². The smallest absolute Gasteiger partial charge is 0.247 e. The lowest BCUT2D eigenvalue weighted by atomic mass is 10.2. The second kappa shape index (κ2) is 9.51. The molecule has 1 amide bonds. The zero-order valence-electron chi connectivity index (χ0n) is 17.1. The molecule has 0 aliphatic heterocycles. The summed E-state index contributed by atoms with van der Waals surface area (Å²) in [5, 5.41) is 2.73. The molecule has 0 spiro atoms. The number of rotatable bonds is 9. The fraction of sp³-hybridized carbons (Fsp3) is 0.350. The van der Waals surface area contributed by atoms with Crippen molar-refractivity contribution in [2.24, 2.45) is 0 Å². The van der Waals surface area contributed by atoms with E-state index in [9.17, 15) is 13.2 Å². The third-order valence-corrected chi connectivity index (χ3v) is 5.37. The van der Waals surface area contributed by atoms with Crippen LogP contribution in [0.15, 0.2) is 42.5 Å². The molecule has 2 rings (SSSR count). The summed E-state index contributed by atoms with van der Waals surface area (Å²) in [6.45, 7) is 3.92. The van der Waals surface area contributed by atoms with E-state index in [-0.39, 0.29) is 5.69 Å². The highest BCUT2D eigenvalue weighted by atomic mass is 32.2. The van der Waals surface area contributed by atoms with Gasteiger partial charge < -0.3 is 19.5 Å². The van der Waals surface area contributed by atoms with E-state index in [1.807, 2.05) is 6.92 Å². The lowest BCUT2D eigenvalue weighted by molar-refractivity contribution is -0.116. The Balaban J connectivity index is 2.34. The van der Waals surface area contributed by atoms with E-state index in [1.165, 1.54) is 27.2 Å². The average Bonchev–Trinajstić information content (AvgIpc) is 2.68. The van der Waals surface area contributed by atoms with Gasteiger partial charge in [-0.1, -0.05) is 0 Å². The Labute approximate surface area is 171 Å². The first kappa shape index (κ1) is 22.4. The van der Waals surface area contributed by atoms with Crippen molar-refractivity contribution in [1.82, 2.24) is 0 Å². The van der Waals surface area contributed by atoms with Gasteiger partial charge in [-0.2, -0.15) is 0 Å². The van der Waals surface area contributed by atoms with E-state index in [0.717, 1.165) is 10.6 Å². The number of ether oxygens (including phenoxy) is 3. The van der Waals surface area contributed by atoms with E-state index in [0.29, 0.717) is 29.5 Å². The molecule has 8 nitrogen and oxygen atoms in total. The number of methoxy groups -OCH3 is 2. The first-order valence-corrected chi connectivity index (χ1v) is 10.8. The third-order valence-electron chi connectivity index (χ3n) is 4.14. The van der Waals surface area contributed by atoms with Crippen molar-refractivity contribution in [3.63, 3.8) is 0 Å². The third kappa shape index (κ3) is 5.54. The predicted molar refractivity (Wildman–Crippen MR) is 113 cm³/mol. The molecular weight excluding hydrogens is 396 g/mol. The molecule has 1 N–H and O–H groups in total. The topological polar surface area (TPSA) is 94.2 Å². The molecule has 0 aliphatic carbocycles. The number of carbonyl (C=O) groups is 1. The van der Waals surface area contributed by atoms with Crippen molar-refractivity contribution < 1.29 is 27.4 Å². The number of benzene rings is 2. The van der Waals surface area contributed by atoms with Crippen molar-refractivity contribution in [3.05, 3.63) is 42.5 Å². The number of sulfonamides is 1. The Hall–Kier alpha value is -2.94. The van der Waals surface area contributed by atoms with Crippen molar-refractivity contribution in [1.29, 1.82) is 0 Å². The van der Waals surface area contributed by atoms with E-state index in [1.54, 1.807) is 36.4 Å². The lowest BCUT2D eigenvalue weighted by Crippen LogP contribution is -2.45. The van der Waals surface area contributed by atoms with Crippen LogP contribution in [0.5, 0.6) is 17.2 Å². The van der Waals surface area contributed by atoms with Crippen molar-refractivity contribution in [2.45, 2.75) is 19.9 Å². The molecule has 0 heterocycles. The van der Waals surface area contributed by atoms with Crippen LogP contribution in [0, 0.1) is 0 Å². The maximum Gasteiger partial charge on any atom is 0.247 e. The Kier molecular flexibility index (Phi) is 7.33. The highest BCUT2D eigenvalue weighted by molar-refractivity contribution is 7.92. The van der Waals surface area contributed by atoms with Gasteiger partial charge in [0.25, 0.3) is 0 Å². The number of nitrogens with one attached hydrogen (secondary N) is 1. The second-order valence-corrected chi connectivity index (χ2v) is 8.08. The number of carbonyl (C=O) groups excluding carboxylic acids is 1. The molecule has 2 aromatic rings. The highest BCUT2D eigenvalue weighted by Gasteiger charge is 2.31. The Bertz CT molecular complexity index is 944. The van der Waals surface area contributed by atoms with E-state index < -0.39 is 22.0 Å². The summed E-state index contributed by atoms with van der Waals surface area (Å²) in [6, 6.07) is 10.5. The number of anilines is 2. The molecule has 0 unspecified atom stereocenters. The molecule has 0 saturated carbocycles. The highest BCUT2D eigenvalue weighted by Crippen LogP contribution is 2.35. The Morgan fingerprint density at radius 2 is 1.69 bits per heavy atom. The maximum absolute atomic E-state index is 12.8. The average molecular weight is 423 g/mol. The molecule has 0 saturated heterocycles. The van der Waals surface area contributed by atoms with Gasteiger partial charge in [-0.05, 0) is 50.2 Å². The van der Waals surface area contributed by atoms with Crippen molar-refractivity contribution >= 4 is 27.3 Å². The minimum atomic E-state index is -3.81. The first-order valence-electron chi connectivity index (χ1n) is 8.96. The van der Waals surface area contributed by atoms with Crippen molar-refractivity contribution in [2.75, 3.05) is 36.7 Å². The largest absolute Gasteiger partial charge is 0.497 e. The predicted octanol–water partition coefficient (Wildman–Crippen LogP) is 2.90. The van der Waals surface area contributed by atoms with Gasteiger partial charge >= 0.3 is 0 Å². The quantitative estimate of drug-likeness (QED) is 0.668. The molecule has 9 heteroatoms. The van der Waals surface area contributed by atoms with Gasteiger partial charge in [0.15, 0.2) is 0 Å².